The van der Waals surface area contributed by atoms with Gasteiger partial charge in [0.25, 0.3) is 11.7 Å². The molecular weight excluding hydrogens is 454 g/mol. The molecule has 1 heterocycles. The number of rotatable bonds is 6. The minimum absolute atomic E-state index is 0.0540. The molecule has 0 saturated carbocycles. The first kappa shape index (κ1) is 25.0. The van der Waals surface area contributed by atoms with Crippen molar-refractivity contribution < 1.29 is 24.2 Å². The van der Waals surface area contributed by atoms with E-state index in [4.69, 9.17) is 9.47 Å². The predicted molar refractivity (Wildman–Crippen MR) is 139 cm³/mol. The topological polar surface area (TPSA) is 76.1 Å². The summed E-state index contributed by atoms with van der Waals surface area (Å²) < 4.78 is 10.6. The Balaban J connectivity index is 1.86. The van der Waals surface area contributed by atoms with Gasteiger partial charge in [0.2, 0.25) is 0 Å². The largest absolute Gasteiger partial charge is 0.507 e. The van der Waals surface area contributed by atoms with E-state index in [0.717, 1.165) is 16.7 Å². The first-order chi connectivity index (χ1) is 17.1. The number of hydrogen-bond donors (Lipinski definition) is 1. The van der Waals surface area contributed by atoms with Crippen LogP contribution in [0.3, 0.4) is 0 Å². The van der Waals surface area contributed by atoms with Crippen LogP contribution < -0.4 is 9.47 Å². The fraction of sp³-hybridized carbons (Fsp3) is 0.267. The van der Waals surface area contributed by atoms with Crippen LogP contribution in [0.5, 0.6) is 11.5 Å². The number of nitrogens with zero attached hydrogens (tertiary/aromatic N) is 1. The summed E-state index contributed by atoms with van der Waals surface area (Å²) in [6.07, 6.45) is 0. The molecule has 6 nitrogen and oxygen atoms in total. The van der Waals surface area contributed by atoms with E-state index in [1.165, 1.54) is 12.0 Å². The number of carbonyl (C=O) groups is 2. The van der Waals surface area contributed by atoms with Crippen molar-refractivity contribution in [3.8, 4) is 11.5 Å². The van der Waals surface area contributed by atoms with E-state index in [0.29, 0.717) is 17.1 Å². The van der Waals surface area contributed by atoms with E-state index in [1.807, 2.05) is 48.5 Å². The van der Waals surface area contributed by atoms with Crippen LogP contribution in [-0.4, -0.2) is 35.9 Å². The molecule has 0 aromatic heterocycles. The Morgan fingerprint density at radius 2 is 1.50 bits per heavy atom. The molecule has 1 aliphatic heterocycles. The molecule has 0 spiro atoms. The molecule has 6 heteroatoms. The number of hydrogen-bond acceptors (Lipinski definition) is 5. The molecule has 0 aliphatic carbocycles. The van der Waals surface area contributed by atoms with Gasteiger partial charge in [0.1, 0.15) is 17.3 Å². The number of aliphatic hydroxyl groups excluding tert-OH is 1. The van der Waals surface area contributed by atoms with Gasteiger partial charge in [0, 0.05) is 12.1 Å². The van der Waals surface area contributed by atoms with Gasteiger partial charge in [-0.1, -0.05) is 69.3 Å². The van der Waals surface area contributed by atoms with E-state index in [1.54, 1.807) is 31.4 Å². The SMILES string of the molecule is COc1cccc(CN2C(=O)C(=O)/C(=C(\O)c3cccc(OC)c3)C2c2ccc(C(C)(C)C)cc2)c1. The Bertz CT molecular complexity index is 1320. The normalized spacial score (nSPS) is 17.4. The second kappa shape index (κ2) is 9.90. The van der Waals surface area contributed by atoms with Crippen molar-refractivity contribution >= 4 is 17.4 Å². The first-order valence-corrected chi connectivity index (χ1v) is 11.8. The van der Waals surface area contributed by atoms with Crippen molar-refractivity contribution in [1.82, 2.24) is 4.90 Å². The maximum atomic E-state index is 13.3. The smallest absolute Gasteiger partial charge is 0.295 e. The highest BCUT2D eigenvalue weighted by Gasteiger charge is 2.46. The number of likely N-dealkylation sites (tertiary alicyclic amines) is 1. The molecule has 1 N–H and O–H groups in total. The first-order valence-electron chi connectivity index (χ1n) is 11.8. The zero-order chi connectivity index (χ0) is 26.0. The van der Waals surface area contributed by atoms with Crippen molar-refractivity contribution in [3.05, 3.63) is 101 Å². The molecule has 4 rings (SSSR count). The Hall–Kier alpha value is -4.06. The lowest BCUT2D eigenvalue weighted by molar-refractivity contribution is -0.140. The number of methoxy groups -OCH3 is 2. The van der Waals surface area contributed by atoms with Crippen LogP contribution in [0.25, 0.3) is 5.76 Å². The number of amides is 1. The van der Waals surface area contributed by atoms with Crippen LogP contribution in [0, 0.1) is 0 Å². The van der Waals surface area contributed by atoms with Crippen molar-refractivity contribution in [2.45, 2.75) is 38.8 Å². The quantitative estimate of drug-likeness (QED) is 0.278. The summed E-state index contributed by atoms with van der Waals surface area (Å²) in [6, 6.07) is 21.3. The Morgan fingerprint density at radius 3 is 2.11 bits per heavy atom. The Morgan fingerprint density at radius 1 is 0.889 bits per heavy atom. The molecule has 36 heavy (non-hydrogen) atoms. The number of ether oxygens (including phenoxy) is 2. The predicted octanol–water partition coefficient (Wildman–Crippen LogP) is 5.62. The van der Waals surface area contributed by atoms with Gasteiger partial charge in [-0.3, -0.25) is 9.59 Å². The average Bonchev–Trinajstić information content (AvgIpc) is 3.12. The van der Waals surface area contributed by atoms with E-state index >= 15 is 0 Å². The van der Waals surface area contributed by atoms with E-state index in [-0.39, 0.29) is 23.3 Å². The molecule has 1 unspecified atom stereocenters. The number of ketones is 1. The molecular formula is C30H31NO5. The fourth-order valence-electron chi connectivity index (χ4n) is 4.45. The van der Waals surface area contributed by atoms with Gasteiger partial charge in [-0.15, -0.1) is 0 Å². The summed E-state index contributed by atoms with van der Waals surface area (Å²) >= 11 is 0. The summed E-state index contributed by atoms with van der Waals surface area (Å²) in [5.41, 5.74) is 3.10. The highest BCUT2D eigenvalue weighted by molar-refractivity contribution is 6.46. The highest BCUT2D eigenvalue weighted by Crippen LogP contribution is 2.41. The van der Waals surface area contributed by atoms with Crippen LogP contribution in [0.2, 0.25) is 0 Å². The number of aliphatic hydroxyl groups is 1. The molecule has 0 bridgehead atoms. The van der Waals surface area contributed by atoms with Gasteiger partial charge < -0.3 is 19.5 Å². The van der Waals surface area contributed by atoms with Gasteiger partial charge >= 0.3 is 0 Å². The third-order valence-electron chi connectivity index (χ3n) is 6.46. The number of Topliss-reactive ketones (excluding diaryl/α,β-unsaturated/α-hetero) is 1. The van der Waals surface area contributed by atoms with Crippen LogP contribution in [0.15, 0.2) is 78.4 Å². The maximum absolute atomic E-state index is 13.3. The molecule has 1 saturated heterocycles. The van der Waals surface area contributed by atoms with Crippen LogP contribution in [-0.2, 0) is 21.5 Å². The van der Waals surface area contributed by atoms with E-state index < -0.39 is 17.7 Å². The number of benzene rings is 3. The second-order valence-corrected chi connectivity index (χ2v) is 9.88. The standard InChI is InChI=1S/C30H31NO5/c1-30(2,3)22-14-12-20(13-15-22)26-25(27(32)21-9-7-11-24(17-21)36-5)28(33)29(34)31(26)18-19-8-6-10-23(16-19)35-4/h6-17,26,32H,18H2,1-5H3/b27-25-. The zero-order valence-corrected chi connectivity index (χ0v) is 21.2. The van der Waals surface area contributed by atoms with Crippen molar-refractivity contribution in [2.75, 3.05) is 14.2 Å². The lowest BCUT2D eigenvalue weighted by atomic mass is 9.85. The summed E-state index contributed by atoms with van der Waals surface area (Å²) in [6.45, 7) is 6.56. The minimum Gasteiger partial charge on any atom is -0.507 e. The van der Waals surface area contributed by atoms with Crippen molar-refractivity contribution in [2.24, 2.45) is 0 Å². The summed E-state index contributed by atoms with van der Waals surface area (Å²) in [7, 11) is 3.11. The lowest BCUT2D eigenvalue weighted by Gasteiger charge is -2.27. The molecule has 0 radical (unpaired) electrons. The molecule has 3 aromatic carbocycles. The fourth-order valence-corrected chi connectivity index (χ4v) is 4.45. The van der Waals surface area contributed by atoms with Crippen LogP contribution >= 0.6 is 0 Å². The van der Waals surface area contributed by atoms with E-state index in [2.05, 4.69) is 20.8 Å². The monoisotopic (exact) mass is 485 g/mol. The van der Waals surface area contributed by atoms with Gasteiger partial charge in [-0.05, 0) is 46.4 Å². The maximum Gasteiger partial charge on any atom is 0.295 e. The van der Waals surface area contributed by atoms with Gasteiger partial charge in [-0.2, -0.15) is 0 Å². The molecule has 1 fully saturated rings. The third kappa shape index (κ3) is 4.85. The molecule has 186 valence electrons. The minimum atomic E-state index is -0.753. The molecule has 3 aromatic rings. The van der Waals surface area contributed by atoms with Crippen molar-refractivity contribution in [1.29, 1.82) is 0 Å². The molecule has 1 amide bonds. The Kier molecular flexibility index (Phi) is 6.88. The van der Waals surface area contributed by atoms with Gasteiger partial charge in [-0.25, -0.2) is 0 Å². The number of carbonyl (C=O) groups excluding carboxylic acids is 2. The summed E-state index contributed by atoms with van der Waals surface area (Å²) in [5, 5.41) is 11.3. The van der Waals surface area contributed by atoms with Gasteiger partial charge in [0.15, 0.2) is 0 Å². The van der Waals surface area contributed by atoms with Gasteiger partial charge in [0.05, 0.1) is 25.8 Å². The van der Waals surface area contributed by atoms with Crippen molar-refractivity contribution in [3.63, 3.8) is 0 Å². The third-order valence-corrected chi connectivity index (χ3v) is 6.46. The van der Waals surface area contributed by atoms with E-state index in [9.17, 15) is 14.7 Å². The zero-order valence-electron chi connectivity index (χ0n) is 21.2. The Labute approximate surface area is 211 Å². The molecule has 1 aliphatic rings. The lowest BCUT2D eigenvalue weighted by Crippen LogP contribution is -2.29. The van der Waals surface area contributed by atoms with Crippen LogP contribution in [0.1, 0.15) is 49.1 Å². The highest BCUT2D eigenvalue weighted by atomic mass is 16.5. The average molecular weight is 486 g/mol. The molecule has 1 atom stereocenters. The summed E-state index contributed by atoms with van der Waals surface area (Å²) in [5.74, 6) is -0.414. The second-order valence-electron chi connectivity index (χ2n) is 9.88. The van der Waals surface area contributed by atoms with Crippen LogP contribution in [0.4, 0.5) is 0 Å². The summed E-state index contributed by atoms with van der Waals surface area (Å²) in [4.78, 5) is 28.2.